The van der Waals surface area contributed by atoms with E-state index in [0.29, 0.717) is 13.2 Å². The Morgan fingerprint density at radius 3 is 2.32 bits per heavy atom. The molecule has 9 nitrogen and oxygen atoms in total. The summed E-state index contributed by atoms with van der Waals surface area (Å²) in [5.41, 5.74) is -0.520. The average Bonchev–Trinajstić information content (AvgIpc) is 2.48. The highest BCUT2D eigenvalue weighted by molar-refractivity contribution is 6.62. The summed E-state index contributed by atoms with van der Waals surface area (Å²) >= 11 is 0. The maximum atomic E-state index is 11.8. The average molecular weight is 317 g/mol. The van der Waals surface area contributed by atoms with Crippen molar-refractivity contribution in [1.82, 2.24) is 10.0 Å². The summed E-state index contributed by atoms with van der Waals surface area (Å²) in [5, 5.41) is 7.33. The van der Waals surface area contributed by atoms with Crippen LogP contribution in [0, 0.1) is 0 Å². The Labute approximate surface area is 129 Å². The van der Waals surface area contributed by atoms with E-state index < -0.39 is 23.9 Å². The molecule has 1 atom stereocenters. The molecule has 0 aliphatic carbocycles. The fraction of sp³-hybridized carbons (Fsp3) is 0.769. The van der Waals surface area contributed by atoms with Gasteiger partial charge in [0.15, 0.2) is 0 Å². The zero-order valence-corrected chi connectivity index (χ0v) is 13.4. The Balaban J connectivity index is 2.81. The molecular weight excluding hydrogens is 294 g/mol. The number of carbonyl (C=O) groups is 2. The van der Waals surface area contributed by atoms with Gasteiger partial charge < -0.3 is 19.0 Å². The Bertz CT molecular complexity index is 393. The molecule has 1 rings (SSSR count). The zero-order valence-electron chi connectivity index (χ0n) is 13.4. The molecule has 1 aliphatic rings. The number of carbonyl (C=O) groups excluding carboxylic acids is 2. The first-order valence-corrected chi connectivity index (χ1v) is 7.10. The van der Waals surface area contributed by atoms with Crippen LogP contribution in [0.2, 0.25) is 0 Å². The van der Waals surface area contributed by atoms with Gasteiger partial charge in [0, 0.05) is 20.6 Å². The molecule has 1 unspecified atom stereocenters. The first kappa shape index (κ1) is 18.3. The number of hydrogen-bond acceptors (Lipinski definition) is 9. The van der Waals surface area contributed by atoms with Crippen LogP contribution in [0.15, 0.2) is 5.16 Å². The van der Waals surface area contributed by atoms with E-state index in [1.165, 1.54) is 0 Å². The standard InChI is InChI=1S/C13H23N3O6/c1-5-20-12(17)11(13(18)21-6-2)14-22-10-9-19-8-7-16(10)15(3)4/h10H,5-9H2,1-4H3. The van der Waals surface area contributed by atoms with Crippen molar-refractivity contribution in [2.75, 3.05) is 47.1 Å². The molecule has 9 heteroatoms. The fourth-order valence-corrected chi connectivity index (χ4v) is 1.79. The number of nitrogens with zero attached hydrogens (tertiary/aromatic N) is 3. The van der Waals surface area contributed by atoms with Crippen LogP contribution in [0.25, 0.3) is 0 Å². The van der Waals surface area contributed by atoms with Crippen molar-refractivity contribution in [3.8, 4) is 0 Å². The Hall–Kier alpha value is -1.71. The second-order valence-electron chi connectivity index (χ2n) is 4.53. The van der Waals surface area contributed by atoms with Crippen molar-refractivity contribution in [3.63, 3.8) is 0 Å². The highest BCUT2D eigenvalue weighted by Gasteiger charge is 2.29. The van der Waals surface area contributed by atoms with Crippen LogP contribution >= 0.6 is 0 Å². The zero-order chi connectivity index (χ0) is 16.5. The van der Waals surface area contributed by atoms with Crippen LogP contribution in [-0.4, -0.2) is 81.0 Å². The van der Waals surface area contributed by atoms with Crippen LogP contribution in [0.5, 0.6) is 0 Å². The summed E-state index contributed by atoms with van der Waals surface area (Å²) in [4.78, 5) is 28.8. The second kappa shape index (κ2) is 9.34. The number of morpholine rings is 1. The predicted molar refractivity (Wildman–Crippen MR) is 76.8 cm³/mol. The van der Waals surface area contributed by atoms with Gasteiger partial charge in [-0.3, -0.25) is 0 Å². The minimum atomic E-state index is -0.880. The summed E-state index contributed by atoms with van der Waals surface area (Å²) in [5.74, 6) is -1.76. The monoisotopic (exact) mass is 317 g/mol. The lowest BCUT2D eigenvalue weighted by Gasteiger charge is -2.37. The van der Waals surface area contributed by atoms with Gasteiger partial charge in [0.2, 0.25) is 6.23 Å². The highest BCUT2D eigenvalue weighted by atomic mass is 16.7. The molecule has 1 aliphatic heterocycles. The van der Waals surface area contributed by atoms with Gasteiger partial charge in [-0.2, -0.15) is 5.01 Å². The molecule has 126 valence electrons. The smallest absolute Gasteiger partial charge is 0.368 e. The summed E-state index contributed by atoms with van der Waals surface area (Å²) in [7, 11) is 3.70. The largest absolute Gasteiger partial charge is 0.461 e. The molecule has 1 saturated heterocycles. The van der Waals surface area contributed by atoms with Gasteiger partial charge in [0.25, 0.3) is 5.71 Å². The maximum Gasteiger partial charge on any atom is 0.368 e. The van der Waals surface area contributed by atoms with Gasteiger partial charge >= 0.3 is 11.9 Å². The summed E-state index contributed by atoms with van der Waals surface area (Å²) in [6, 6.07) is 0. The van der Waals surface area contributed by atoms with Gasteiger partial charge in [0.1, 0.15) is 6.61 Å². The Kier molecular flexibility index (Phi) is 7.78. The van der Waals surface area contributed by atoms with E-state index in [2.05, 4.69) is 5.16 Å². The predicted octanol–water partition coefficient (Wildman–Crippen LogP) is -0.380. The first-order valence-electron chi connectivity index (χ1n) is 7.10. The normalized spacial score (nSPS) is 18.7. The van der Waals surface area contributed by atoms with E-state index in [-0.39, 0.29) is 19.8 Å². The van der Waals surface area contributed by atoms with E-state index >= 15 is 0 Å². The fourth-order valence-electron chi connectivity index (χ4n) is 1.79. The lowest BCUT2D eigenvalue weighted by atomic mass is 10.4. The summed E-state index contributed by atoms with van der Waals surface area (Å²) in [6.07, 6.45) is -0.539. The van der Waals surface area contributed by atoms with Gasteiger partial charge in [-0.1, -0.05) is 5.16 Å². The molecule has 0 amide bonds. The number of esters is 2. The van der Waals surface area contributed by atoms with Crippen molar-refractivity contribution < 1.29 is 28.6 Å². The molecule has 1 fully saturated rings. The van der Waals surface area contributed by atoms with E-state index in [1.54, 1.807) is 13.8 Å². The van der Waals surface area contributed by atoms with Gasteiger partial charge in [-0.15, -0.1) is 0 Å². The highest BCUT2D eigenvalue weighted by Crippen LogP contribution is 2.10. The first-order chi connectivity index (χ1) is 10.5. The van der Waals surface area contributed by atoms with E-state index in [4.69, 9.17) is 19.0 Å². The van der Waals surface area contributed by atoms with Crippen molar-refractivity contribution >= 4 is 17.7 Å². The lowest BCUT2D eigenvalue weighted by Crippen LogP contribution is -2.52. The summed E-state index contributed by atoms with van der Waals surface area (Å²) in [6.45, 7) is 4.93. The Morgan fingerprint density at radius 2 is 1.82 bits per heavy atom. The molecular formula is C13H23N3O6. The minimum Gasteiger partial charge on any atom is -0.461 e. The number of oxime groups is 1. The maximum absolute atomic E-state index is 11.8. The number of rotatable bonds is 7. The molecule has 0 aromatic heterocycles. The van der Waals surface area contributed by atoms with Crippen molar-refractivity contribution in [1.29, 1.82) is 0 Å². The van der Waals surface area contributed by atoms with Crippen LogP contribution < -0.4 is 0 Å². The quantitative estimate of drug-likeness (QED) is 0.272. The molecule has 0 aromatic carbocycles. The summed E-state index contributed by atoms with van der Waals surface area (Å²) < 4.78 is 14.9. The van der Waals surface area contributed by atoms with E-state index in [1.807, 2.05) is 24.1 Å². The molecule has 0 radical (unpaired) electrons. The number of hydrogen-bond donors (Lipinski definition) is 0. The Morgan fingerprint density at radius 1 is 1.23 bits per heavy atom. The van der Waals surface area contributed by atoms with Crippen LogP contribution in [0.4, 0.5) is 0 Å². The molecule has 0 saturated carbocycles. The topological polar surface area (TPSA) is 89.9 Å². The second-order valence-corrected chi connectivity index (χ2v) is 4.53. The van der Waals surface area contributed by atoms with E-state index in [9.17, 15) is 9.59 Å². The lowest BCUT2D eigenvalue weighted by molar-refractivity contribution is -0.205. The van der Waals surface area contributed by atoms with E-state index in [0.717, 1.165) is 0 Å². The van der Waals surface area contributed by atoms with Crippen molar-refractivity contribution in [3.05, 3.63) is 0 Å². The third-order valence-corrected chi connectivity index (χ3v) is 2.77. The molecule has 0 spiro atoms. The van der Waals surface area contributed by atoms with Crippen LogP contribution in [0.3, 0.4) is 0 Å². The SMILES string of the molecule is CCOC(=O)C(=NOC1COCCN1N(C)C)C(=O)OCC. The van der Waals surface area contributed by atoms with Gasteiger partial charge in [0.05, 0.1) is 19.8 Å². The number of hydrazine groups is 1. The van der Waals surface area contributed by atoms with Crippen LogP contribution in [-0.2, 0) is 28.6 Å². The minimum absolute atomic E-state index is 0.119. The van der Waals surface area contributed by atoms with Gasteiger partial charge in [-0.25, -0.2) is 14.6 Å². The molecule has 0 N–H and O–H groups in total. The molecule has 0 aromatic rings. The molecule has 22 heavy (non-hydrogen) atoms. The third-order valence-electron chi connectivity index (χ3n) is 2.77. The molecule has 0 bridgehead atoms. The van der Waals surface area contributed by atoms with Crippen molar-refractivity contribution in [2.45, 2.75) is 20.1 Å². The molecule has 1 heterocycles. The number of ether oxygens (including phenoxy) is 3. The van der Waals surface area contributed by atoms with Crippen LogP contribution in [0.1, 0.15) is 13.8 Å². The third kappa shape index (κ3) is 5.24. The van der Waals surface area contributed by atoms with Crippen molar-refractivity contribution in [2.24, 2.45) is 5.16 Å². The van der Waals surface area contributed by atoms with Gasteiger partial charge in [-0.05, 0) is 13.8 Å².